The standard InChI is InChI=1S/C24H38N6O6S/c1-15(2)17-14-25-30-18(17)26-19(37(9,33)34)27-20(30)29(22(32)36-24(6,7)8)16-10-12-28(13-11-16)21(31)35-23(3,4)5/h14-16H,10-13H2,1-9H3. The Labute approximate surface area is 218 Å². The lowest BCUT2D eigenvalue weighted by Crippen LogP contribution is -2.51. The van der Waals surface area contributed by atoms with Crippen LogP contribution in [-0.2, 0) is 19.3 Å². The molecular formula is C24H38N6O6S. The normalized spacial score (nSPS) is 15.8. The number of carbonyl (C=O) groups excluding carboxylic acids is 2. The van der Waals surface area contributed by atoms with Gasteiger partial charge >= 0.3 is 12.2 Å². The molecule has 0 unspecified atom stereocenters. The third kappa shape index (κ3) is 6.88. The fraction of sp³-hybridized carbons (Fsp3) is 0.708. The third-order valence-electron chi connectivity index (χ3n) is 5.60. The molecule has 0 radical (unpaired) electrons. The van der Waals surface area contributed by atoms with Crippen LogP contribution in [0, 0.1) is 0 Å². The average molecular weight is 539 g/mol. The number of rotatable bonds is 4. The predicted octanol–water partition coefficient (Wildman–Crippen LogP) is 3.79. The Morgan fingerprint density at radius 2 is 1.59 bits per heavy atom. The quantitative estimate of drug-likeness (QED) is 0.569. The highest BCUT2D eigenvalue weighted by Crippen LogP contribution is 2.29. The Morgan fingerprint density at radius 1 is 1.03 bits per heavy atom. The number of fused-ring (bicyclic) bond motifs is 1. The van der Waals surface area contributed by atoms with Crippen molar-refractivity contribution >= 4 is 33.6 Å². The van der Waals surface area contributed by atoms with Crippen LogP contribution in [0.5, 0.6) is 0 Å². The van der Waals surface area contributed by atoms with E-state index in [0.717, 1.165) is 11.8 Å². The van der Waals surface area contributed by atoms with E-state index < -0.39 is 44.4 Å². The van der Waals surface area contributed by atoms with Crippen molar-refractivity contribution < 1.29 is 27.5 Å². The summed E-state index contributed by atoms with van der Waals surface area (Å²) < 4.78 is 37.6. The maximum Gasteiger partial charge on any atom is 0.417 e. The molecule has 0 aromatic carbocycles. The van der Waals surface area contributed by atoms with Gasteiger partial charge in [0.05, 0.1) is 6.20 Å². The van der Waals surface area contributed by atoms with Gasteiger partial charge in [-0.05, 0) is 60.3 Å². The van der Waals surface area contributed by atoms with Gasteiger partial charge in [0, 0.05) is 31.0 Å². The summed E-state index contributed by atoms with van der Waals surface area (Å²) in [6.07, 6.45) is 2.30. The lowest BCUT2D eigenvalue weighted by Gasteiger charge is -2.38. The predicted molar refractivity (Wildman–Crippen MR) is 138 cm³/mol. The summed E-state index contributed by atoms with van der Waals surface area (Å²) in [6, 6.07) is -0.439. The summed E-state index contributed by atoms with van der Waals surface area (Å²) in [5, 5.41) is 4.00. The van der Waals surface area contributed by atoms with E-state index in [-0.39, 0.29) is 11.9 Å². The Morgan fingerprint density at radius 3 is 2.08 bits per heavy atom. The van der Waals surface area contributed by atoms with Crippen LogP contribution in [0.1, 0.15) is 79.7 Å². The first-order valence-electron chi connectivity index (χ1n) is 12.3. The van der Waals surface area contributed by atoms with E-state index in [1.807, 2.05) is 13.8 Å². The highest BCUT2D eigenvalue weighted by molar-refractivity contribution is 7.90. The highest BCUT2D eigenvalue weighted by atomic mass is 32.2. The van der Waals surface area contributed by atoms with Crippen molar-refractivity contribution in [2.45, 2.75) is 96.5 Å². The second-order valence-electron chi connectivity index (χ2n) is 11.6. The minimum absolute atomic E-state index is 0.000274. The van der Waals surface area contributed by atoms with Crippen molar-refractivity contribution in [3.8, 4) is 0 Å². The molecule has 2 amide bonds. The molecule has 37 heavy (non-hydrogen) atoms. The minimum atomic E-state index is -3.81. The molecule has 1 aliphatic rings. The number of piperidine rings is 1. The molecule has 2 aromatic rings. The molecule has 0 saturated carbocycles. The number of hydrogen-bond donors (Lipinski definition) is 0. The first-order chi connectivity index (χ1) is 16.9. The Hall–Kier alpha value is -2.96. The topological polar surface area (TPSA) is 136 Å². The molecule has 0 aliphatic carbocycles. The largest absolute Gasteiger partial charge is 0.444 e. The average Bonchev–Trinajstić information content (AvgIpc) is 3.16. The summed E-state index contributed by atoms with van der Waals surface area (Å²) >= 11 is 0. The summed E-state index contributed by atoms with van der Waals surface area (Å²) in [5.41, 5.74) is -0.414. The van der Waals surface area contributed by atoms with E-state index in [4.69, 9.17) is 9.47 Å². The maximum absolute atomic E-state index is 13.6. The van der Waals surface area contributed by atoms with E-state index >= 15 is 0 Å². The van der Waals surface area contributed by atoms with Crippen LogP contribution in [0.15, 0.2) is 11.4 Å². The number of sulfone groups is 1. The SMILES string of the molecule is CC(C)c1cnn2c(N(C(=O)OC(C)(C)C)C3CCN(C(=O)OC(C)(C)C)CC3)nc(S(C)(=O)=O)nc12. The summed E-state index contributed by atoms with van der Waals surface area (Å²) in [5.74, 6) is 0.00185. The zero-order chi connectivity index (χ0) is 27.9. The smallest absolute Gasteiger partial charge is 0.417 e. The fourth-order valence-corrected chi connectivity index (χ4v) is 4.43. The number of aromatic nitrogens is 4. The molecule has 12 nitrogen and oxygen atoms in total. The molecule has 206 valence electrons. The summed E-state index contributed by atoms with van der Waals surface area (Å²) in [6.45, 7) is 15.2. The van der Waals surface area contributed by atoms with Crippen LogP contribution in [0.25, 0.3) is 5.65 Å². The number of likely N-dealkylation sites (tertiary alicyclic amines) is 1. The van der Waals surface area contributed by atoms with E-state index in [0.29, 0.717) is 31.6 Å². The van der Waals surface area contributed by atoms with Gasteiger partial charge in [-0.1, -0.05) is 13.8 Å². The van der Waals surface area contributed by atoms with Crippen LogP contribution in [0.3, 0.4) is 0 Å². The number of nitrogens with zero attached hydrogens (tertiary/aromatic N) is 6. The van der Waals surface area contributed by atoms with Crippen molar-refractivity contribution in [3.63, 3.8) is 0 Å². The van der Waals surface area contributed by atoms with Gasteiger partial charge in [-0.2, -0.15) is 19.6 Å². The molecule has 0 spiro atoms. The van der Waals surface area contributed by atoms with Gasteiger partial charge in [-0.15, -0.1) is 0 Å². The third-order valence-corrected chi connectivity index (χ3v) is 6.44. The van der Waals surface area contributed by atoms with Crippen molar-refractivity contribution in [1.82, 2.24) is 24.5 Å². The Kier molecular flexibility index (Phi) is 7.79. The number of hydrogen-bond acceptors (Lipinski definition) is 9. The molecule has 0 atom stereocenters. The minimum Gasteiger partial charge on any atom is -0.444 e. The lowest BCUT2D eigenvalue weighted by atomic mass is 10.0. The number of carbonyl (C=O) groups is 2. The fourth-order valence-electron chi connectivity index (χ4n) is 3.93. The van der Waals surface area contributed by atoms with Crippen LogP contribution in [-0.4, -0.2) is 81.7 Å². The van der Waals surface area contributed by atoms with Gasteiger partial charge in [0.1, 0.15) is 11.2 Å². The molecule has 1 aliphatic heterocycles. The molecule has 1 saturated heterocycles. The van der Waals surface area contributed by atoms with Crippen molar-refractivity contribution in [2.24, 2.45) is 0 Å². The van der Waals surface area contributed by atoms with Crippen LogP contribution < -0.4 is 4.90 Å². The zero-order valence-electron chi connectivity index (χ0n) is 23.1. The molecule has 1 fully saturated rings. The molecule has 3 rings (SSSR count). The van der Waals surface area contributed by atoms with Gasteiger partial charge in [0.25, 0.3) is 5.16 Å². The molecular weight excluding hydrogens is 500 g/mol. The second kappa shape index (κ2) is 10.1. The molecule has 13 heteroatoms. The Balaban J connectivity index is 2.08. The molecule has 2 aromatic heterocycles. The van der Waals surface area contributed by atoms with Crippen molar-refractivity contribution in [2.75, 3.05) is 24.2 Å². The van der Waals surface area contributed by atoms with Crippen molar-refractivity contribution in [3.05, 3.63) is 11.8 Å². The number of amides is 2. The second-order valence-corrected chi connectivity index (χ2v) is 13.5. The van der Waals surface area contributed by atoms with E-state index in [1.165, 1.54) is 9.42 Å². The van der Waals surface area contributed by atoms with Gasteiger partial charge < -0.3 is 14.4 Å². The zero-order valence-corrected chi connectivity index (χ0v) is 23.9. The van der Waals surface area contributed by atoms with E-state index in [1.54, 1.807) is 52.6 Å². The number of ether oxygens (including phenoxy) is 2. The van der Waals surface area contributed by atoms with Gasteiger partial charge in [-0.25, -0.2) is 22.9 Å². The van der Waals surface area contributed by atoms with Gasteiger partial charge in [-0.3, -0.25) is 0 Å². The van der Waals surface area contributed by atoms with Gasteiger partial charge in [0.15, 0.2) is 5.65 Å². The Bertz CT molecular complexity index is 1270. The first kappa shape index (κ1) is 28.6. The first-order valence-corrected chi connectivity index (χ1v) is 14.2. The molecule has 0 bridgehead atoms. The van der Waals surface area contributed by atoms with E-state index in [2.05, 4.69) is 15.1 Å². The van der Waals surface area contributed by atoms with E-state index in [9.17, 15) is 18.0 Å². The number of anilines is 1. The van der Waals surface area contributed by atoms with Crippen molar-refractivity contribution in [1.29, 1.82) is 0 Å². The summed E-state index contributed by atoms with van der Waals surface area (Å²) in [7, 11) is -3.81. The molecule has 3 heterocycles. The highest BCUT2D eigenvalue weighted by Gasteiger charge is 2.37. The maximum atomic E-state index is 13.6. The monoisotopic (exact) mass is 538 g/mol. The van der Waals surface area contributed by atoms with Crippen LogP contribution in [0.4, 0.5) is 15.5 Å². The van der Waals surface area contributed by atoms with Crippen LogP contribution >= 0.6 is 0 Å². The lowest BCUT2D eigenvalue weighted by molar-refractivity contribution is 0.0200. The summed E-state index contributed by atoms with van der Waals surface area (Å²) in [4.78, 5) is 37.6. The van der Waals surface area contributed by atoms with Gasteiger partial charge in [0.2, 0.25) is 15.8 Å². The molecule has 0 N–H and O–H groups in total. The van der Waals surface area contributed by atoms with Crippen LogP contribution in [0.2, 0.25) is 0 Å².